The van der Waals surface area contributed by atoms with Gasteiger partial charge in [0.2, 0.25) is 15.9 Å². The van der Waals surface area contributed by atoms with Crippen LogP contribution in [-0.2, 0) is 19.6 Å². The highest BCUT2D eigenvalue weighted by Crippen LogP contribution is 2.27. The van der Waals surface area contributed by atoms with Gasteiger partial charge in [-0.3, -0.25) is 19.7 Å². The molecule has 2 rings (SSSR count). The first kappa shape index (κ1) is 20.8. The van der Waals surface area contributed by atoms with Gasteiger partial charge in [0.05, 0.1) is 9.82 Å². The second-order valence-electron chi connectivity index (χ2n) is 6.12. The zero-order valence-corrected chi connectivity index (χ0v) is 15.6. The first-order valence-electron chi connectivity index (χ1n) is 8.45. The second-order valence-corrected chi connectivity index (χ2v) is 8.02. The van der Waals surface area contributed by atoms with Gasteiger partial charge in [0.1, 0.15) is 12.6 Å². The van der Waals surface area contributed by atoms with Crippen LogP contribution < -0.4 is 0 Å². The molecule has 1 aliphatic rings. The van der Waals surface area contributed by atoms with Gasteiger partial charge >= 0.3 is 5.97 Å². The van der Waals surface area contributed by atoms with Crippen molar-refractivity contribution in [2.24, 2.45) is 0 Å². The number of non-ortho nitro benzene ring substituents is 1. The van der Waals surface area contributed by atoms with Gasteiger partial charge in [-0.25, -0.2) is 8.42 Å². The summed E-state index contributed by atoms with van der Waals surface area (Å²) in [6, 6.07) is 3.47. The molecular formula is C16H21N3O7S. The summed E-state index contributed by atoms with van der Waals surface area (Å²) in [7, 11) is -4.05. The van der Waals surface area contributed by atoms with Gasteiger partial charge in [0.15, 0.2) is 0 Å². The van der Waals surface area contributed by atoms with Crippen LogP contribution in [0.1, 0.15) is 26.2 Å². The van der Waals surface area contributed by atoms with Crippen LogP contribution >= 0.6 is 0 Å². The molecule has 1 fully saturated rings. The minimum atomic E-state index is -4.05. The van der Waals surface area contributed by atoms with E-state index in [9.17, 15) is 28.1 Å². The Morgan fingerprint density at radius 3 is 2.44 bits per heavy atom. The molecule has 27 heavy (non-hydrogen) atoms. The largest absolute Gasteiger partial charge is 0.480 e. The molecule has 1 heterocycles. The van der Waals surface area contributed by atoms with E-state index in [2.05, 4.69) is 0 Å². The number of hydrogen-bond acceptors (Lipinski definition) is 6. The molecule has 0 saturated carbocycles. The van der Waals surface area contributed by atoms with Crippen molar-refractivity contribution in [2.75, 3.05) is 19.6 Å². The summed E-state index contributed by atoms with van der Waals surface area (Å²) in [6.45, 7) is 1.39. The molecule has 1 aromatic rings. The van der Waals surface area contributed by atoms with Gasteiger partial charge in [-0.05, 0) is 31.9 Å². The molecule has 0 aliphatic carbocycles. The number of benzene rings is 1. The van der Waals surface area contributed by atoms with Crippen molar-refractivity contribution in [1.29, 1.82) is 0 Å². The fraction of sp³-hybridized carbons (Fsp3) is 0.500. The maximum atomic E-state index is 13.0. The van der Waals surface area contributed by atoms with E-state index in [4.69, 9.17) is 5.11 Å². The van der Waals surface area contributed by atoms with Gasteiger partial charge in [0, 0.05) is 25.2 Å². The third-order valence-electron chi connectivity index (χ3n) is 4.41. The lowest BCUT2D eigenvalue weighted by molar-refractivity contribution is -0.384. The number of nitro benzene ring substituents is 1. The lowest BCUT2D eigenvalue weighted by atomic mass is 10.0. The highest BCUT2D eigenvalue weighted by molar-refractivity contribution is 7.89. The number of carbonyl (C=O) groups is 2. The summed E-state index contributed by atoms with van der Waals surface area (Å²) in [5.41, 5.74) is -0.237. The molecule has 0 aromatic heterocycles. The number of rotatable bonds is 7. The summed E-state index contributed by atoms with van der Waals surface area (Å²) < 4.78 is 27.0. The van der Waals surface area contributed by atoms with Crippen LogP contribution in [0.3, 0.4) is 0 Å². The Kier molecular flexibility index (Phi) is 6.50. The molecule has 1 saturated heterocycles. The van der Waals surface area contributed by atoms with E-state index in [0.29, 0.717) is 19.3 Å². The minimum Gasteiger partial charge on any atom is -0.480 e. The number of sulfonamides is 1. The Labute approximate surface area is 156 Å². The number of carboxylic acid groups (broad SMARTS) is 1. The molecule has 11 heteroatoms. The number of likely N-dealkylation sites (N-methyl/N-ethyl adjacent to an activating group) is 1. The number of nitrogens with zero attached hydrogens (tertiary/aromatic N) is 3. The zero-order chi connectivity index (χ0) is 20.2. The van der Waals surface area contributed by atoms with Crippen molar-refractivity contribution < 1.29 is 28.0 Å². The molecule has 0 spiro atoms. The van der Waals surface area contributed by atoms with Crippen molar-refractivity contribution in [3.8, 4) is 0 Å². The third-order valence-corrected chi connectivity index (χ3v) is 6.33. The third kappa shape index (κ3) is 4.61. The average Bonchev–Trinajstić information content (AvgIpc) is 2.65. The van der Waals surface area contributed by atoms with E-state index in [0.717, 1.165) is 33.5 Å². The van der Waals surface area contributed by atoms with Gasteiger partial charge < -0.3 is 10.0 Å². The van der Waals surface area contributed by atoms with E-state index in [1.165, 1.54) is 0 Å². The van der Waals surface area contributed by atoms with Crippen molar-refractivity contribution in [3.05, 3.63) is 34.4 Å². The molecule has 1 aromatic carbocycles. The fourth-order valence-corrected chi connectivity index (χ4v) is 4.69. The minimum absolute atomic E-state index is 0.125. The Morgan fingerprint density at radius 1 is 1.30 bits per heavy atom. The van der Waals surface area contributed by atoms with E-state index in [1.807, 2.05) is 0 Å². The van der Waals surface area contributed by atoms with E-state index in [-0.39, 0.29) is 23.7 Å². The van der Waals surface area contributed by atoms with Crippen LogP contribution in [0.25, 0.3) is 0 Å². The number of carbonyl (C=O) groups excluding carboxylic acids is 1. The molecule has 0 radical (unpaired) electrons. The Hall–Kier alpha value is -2.53. The summed E-state index contributed by atoms with van der Waals surface area (Å²) in [6.07, 6.45) is 1.51. The maximum absolute atomic E-state index is 13.0. The predicted octanol–water partition coefficient (Wildman–Crippen LogP) is 1.07. The van der Waals surface area contributed by atoms with Crippen molar-refractivity contribution >= 4 is 27.6 Å². The summed E-state index contributed by atoms with van der Waals surface area (Å²) in [4.78, 5) is 34.8. The monoisotopic (exact) mass is 399 g/mol. The van der Waals surface area contributed by atoms with E-state index >= 15 is 0 Å². The van der Waals surface area contributed by atoms with Crippen molar-refractivity contribution in [1.82, 2.24) is 9.21 Å². The molecule has 0 bridgehead atoms. The predicted molar refractivity (Wildman–Crippen MR) is 94.5 cm³/mol. The zero-order valence-electron chi connectivity index (χ0n) is 14.8. The highest BCUT2D eigenvalue weighted by atomic mass is 32.2. The number of hydrogen-bond donors (Lipinski definition) is 1. The number of nitro groups is 1. The number of carboxylic acids is 1. The topological polar surface area (TPSA) is 138 Å². The average molecular weight is 399 g/mol. The molecule has 10 nitrogen and oxygen atoms in total. The first-order valence-corrected chi connectivity index (χ1v) is 9.89. The molecule has 148 valence electrons. The molecule has 1 aliphatic heterocycles. The van der Waals surface area contributed by atoms with Crippen LogP contribution in [0.4, 0.5) is 5.69 Å². The SMILES string of the molecule is CCN(CC(=O)O)C(=O)C1CCCCN1S(=O)(=O)c1ccc([N+](=O)[O-])cc1. The molecule has 1 unspecified atom stereocenters. The Bertz CT molecular complexity index is 823. The van der Waals surface area contributed by atoms with Crippen LogP contribution in [0.5, 0.6) is 0 Å². The summed E-state index contributed by atoms with van der Waals surface area (Å²) >= 11 is 0. The second kappa shape index (κ2) is 8.44. The summed E-state index contributed by atoms with van der Waals surface area (Å²) in [5, 5.41) is 19.7. The van der Waals surface area contributed by atoms with Gasteiger partial charge in [-0.2, -0.15) is 4.31 Å². The van der Waals surface area contributed by atoms with Crippen molar-refractivity contribution in [3.63, 3.8) is 0 Å². The smallest absolute Gasteiger partial charge is 0.323 e. The number of aliphatic carboxylic acids is 1. The van der Waals surface area contributed by atoms with Crippen LogP contribution in [-0.4, -0.2) is 65.2 Å². The first-order chi connectivity index (χ1) is 12.7. The van der Waals surface area contributed by atoms with E-state index < -0.39 is 39.4 Å². The number of amides is 1. The van der Waals surface area contributed by atoms with E-state index in [1.54, 1.807) is 6.92 Å². The van der Waals surface area contributed by atoms with Crippen LogP contribution in [0.2, 0.25) is 0 Å². The normalized spacial score (nSPS) is 18.0. The fourth-order valence-electron chi connectivity index (χ4n) is 3.03. The standard InChI is InChI=1S/C16H21N3O7S/c1-2-17(11-15(20)21)16(22)14-5-3-4-10-18(14)27(25,26)13-8-6-12(7-9-13)19(23)24/h6-9,14H,2-5,10-11H2,1H3,(H,20,21). The van der Waals surface area contributed by atoms with Crippen LogP contribution in [0.15, 0.2) is 29.2 Å². The maximum Gasteiger partial charge on any atom is 0.323 e. The van der Waals surface area contributed by atoms with Gasteiger partial charge in [0.25, 0.3) is 5.69 Å². The molecular weight excluding hydrogens is 378 g/mol. The highest BCUT2D eigenvalue weighted by Gasteiger charge is 2.39. The van der Waals surface area contributed by atoms with Crippen LogP contribution in [0, 0.1) is 10.1 Å². The summed E-state index contributed by atoms with van der Waals surface area (Å²) in [5.74, 6) is -1.73. The molecule has 1 amide bonds. The Morgan fingerprint density at radius 2 is 1.93 bits per heavy atom. The van der Waals surface area contributed by atoms with Gasteiger partial charge in [-0.1, -0.05) is 6.42 Å². The lowest BCUT2D eigenvalue weighted by Crippen LogP contribution is -2.53. The Balaban J connectivity index is 2.33. The molecule has 1 atom stereocenters. The van der Waals surface area contributed by atoms with Gasteiger partial charge in [-0.15, -0.1) is 0 Å². The quantitative estimate of drug-likeness (QED) is 0.534. The number of piperidine rings is 1. The van der Waals surface area contributed by atoms with Crippen molar-refractivity contribution in [2.45, 2.75) is 37.1 Å². The molecule has 1 N–H and O–H groups in total. The lowest BCUT2D eigenvalue weighted by Gasteiger charge is -2.36.